The van der Waals surface area contributed by atoms with Crippen molar-refractivity contribution in [3.8, 4) is 16.9 Å². The fourth-order valence-corrected chi connectivity index (χ4v) is 4.67. The summed E-state index contributed by atoms with van der Waals surface area (Å²) in [6.07, 6.45) is -4.81. The minimum atomic E-state index is -4.81. The largest absolute Gasteiger partial charge is 0.573 e. The quantitative estimate of drug-likeness (QED) is 0.374. The minimum Gasteiger partial charge on any atom is -0.467 e. The van der Waals surface area contributed by atoms with E-state index < -0.39 is 30.0 Å². The maximum Gasteiger partial charge on any atom is 0.573 e. The minimum absolute atomic E-state index is 0.119. The number of aryl methyl sites for hydroxylation is 1. The number of benzene rings is 3. The van der Waals surface area contributed by atoms with E-state index in [4.69, 9.17) is 4.74 Å². The van der Waals surface area contributed by atoms with Crippen LogP contribution in [0.1, 0.15) is 45.7 Å². The standard InChI is InChI=1S/C29H27F3N2O5/c1-16(2)25(28(37)38-4)34-15-20-6-5-19(14-24(20)27(34)36)23-12-9-21(13-17(23)3)33-26(35)18-7-10-22(11-8-18)39-29(30,31)32/h5-14,16,25H,15H2,1-4H3,(H,33,35). The molecule has 1 aliphatic heterocycles. The van der Waals surface area contributed by atoms with Crippen LogP contribution in [-0.2, 0) is 16.1 Å². The van der Waals surface area contributed by atoms with E-state index in [0.29, 0.717) is 17.8 Å². The Bertz CT molecular complexity index is 1420. The molecule has 2 amide bonds. The van der Waals surface area contributed by atoms with Gasteiger partial charge in [0.05, 0.1) is 7.11 Å². The highest BCUT2D eigenvalue weighted by atomic mass is 19.4. The lowest BCUT2D eigenvalue weighted by molar-refractivity contribution is -0.274. The number of nitrogens with one attached hydrogen (secondary N) is 1. The fraction of sp³-hybridized carbons (Fsp3) is 0.276. The van der Waals surface area contributed by atoms with Gasteiger partial charge in [0.25, 0.3) is 11.8 Å². The second kappa shape index (κ2) is 10.8. The molecular weight excluding hydrogens is 513 g/mol. The zero-order chi connectivity index (χ0) is 28.5. The molecule has 1 aliphatic rings. The van der Waals surface area contributed by atoms with Gasteiger partial charge in [-0.1, -0.05) is 32.0 Å². The third-order valence-electron chi connectivity index (χ3n) is 6.50. The molecule has 0 saturated carbocycles. The van der Waals surface area contributed by atoms with Gasteiger partial charge in [-0.05, 0) is 77.6 Å². The molecular formula is C29H27F3N2O5. The zero-order valence-electron chi connectivity index (χ0n) is 21.8. The highest BCUT2D eigenvalue weighted by molar-refractivity contribution is 6.04. The molecule has 1 atom stereocenters. The van der Waals surface area contributed by atoms with Crippen LogP contribution in [0.5, 0.6) is 5.75 Å². The molecule has 1 heterocycles. The van der Waals surface area contributed by atoms with E-state index in [-0.39, 0.29) is 17.4 Å². The Morgan fingerprint density at radius 3 is 2.26 bits per heavy atom. The predicted octanol–water partition coefficient (Wildman–Crippen LogP) is 5.97. The first-order valence-corrected chi connectivity index (χ1v) is 12.2. The number of halogens is 3. The van der Waals surface area contributed by atoms with E-state index in [1.54, 1.807) is 18.2 Å². The van der Waals surface area contributed by atoms with Crippen LogP contribution in [-0.4, -0.2) is 42.2 Å². The first-order valence-electron chi connectivity index (χ1n) is 12.2. The van der Waals surface area contributed by atoms with Gasteiger partial charge < -0.3 is 19.7 Å². The molecule has 0 radical (unpaired) electrons. The average molecular weight is 541 g/mol. The van der Waals surface area contributed by atoms with Crippen LogP contribution >= 0.6 is 0 Å². The molecule has 0 saturated heterocycles. The highest BCUT2D eigenvalue weighted by Gasteiger charge is 2.39. The number of alkyl halides is 3. The number of methoxy groups -OCH3 is 1. The smallest absolute Gasteiger partial charge is 0.467 e. The van der Waals surface area contributed by atoms with Gasteiger partial charge in [0.15, 0.2) is 0 Å². The van der Waals surface area contributed by atoms with Crippen molar-refractivity contribution in [1.29, 1.82) is 0 Å². The number of carbonyl (C=O) groups excluding carboxylic acids is 3. The van der Waals surface area contributed by atoms with E-state index in [2.05, 4.69) is 10.1 Å². The topological polar surface area (TPSA) is 84.9 Å². The fourth-order valence-electron chi connectivity index (χ4n) is 4.67. The SMILES string of the molecule is COC(=O)C(C(C)C)N1Cc2ccc(-c3ccc(NC(=O)c4ccc(OC(F)(F)F)cc4)cc3C)cc2C1=O. The van der Waals surface area contributed by atoms with Gasteiger partial charge in [0.1, 0.15) is 11.8 Å². The molecule has 3 aromatic carbocycles. The summed E-state index contributed by atoms with van der Waals surface area (Å²) in [6, 6.07) is 14.8. The van der Waals surface area contributed by atoms with Gasteiger partial charge in [0.2, 0.25) is 0 Å². The Morgan fingerprint density at radius 2 is 1.67 bits per heavy atom. The molecule has 7 nitrogen and oxygen atoms in total. The summed E-state index contributed by atoms with van der Waals surface area (Å²) in [5, 5.41) is 2.73. The van der Waals surface area contributed by atoms with Crippen LogP contribution < -0.4 is 10.1 Å². The third-order valence-corrected chi connectivity index (χ3v) is 6.50. The number of ether oxygens (including phenoxy) is 2. The second-order valence-corrected chi connectivity index (χ2v) is 9.57. The molecule has 39 heavy (non-hydrogen) atoms. The third kappa shape index (κ3) is 6.05. The van der Waals surface area contributed by atoms with Crippen molar-refractivity contribution in [2.75, 3.05) is 12.4 Å². The number of anilines is 1. The van der Waals surface area contributed by atoms with Crippen LogP contribution in [0.25, 0.3) is 11.1 Å². The number of rotatable bonds is 7. The van der Waals surface area contributed by atoms with Gasteiger partial charge >= 0.3 is 12.3 Å². The Labute approximate surface area is 223 Å². The first kappa shape index (κ1) is 27.7. The molecule has 0 spiro atoms. The van der Waals surface area contributed by atoms with Crippen molar-refractivity contribution < 1.29 is 37.0 Å². The molecule has 0 aromatic heterocycles. The maximum absolute atomic E-state index is 13.2. The van der Waals surface area contributed by atoms with E-state index in [0.717, 1.165) is 34.4 Å². The number of fused-ring (bicyclic) bond motifs is 1. The molecule has 10 heteroatoms. The molecule has 4 rings (SSSR count). The lowest BCUT2D eigenvalue weighted by Gasteiger charge is -2.28. The number of carbonyl (C=O) groups is 3. The van der Waals surface area contributed by atoms with Gasteiger partial charge in [-0.25, -0.2) is 4.79 Å². The predicted molar refractivity (Wildman–Crippen MR) is 138 cm³/mol. The number of hydrogen-bond donors (Lipinski definition) is 1. The number of hydrogen-bond acceptors (Lipinski definition) is 5. The van der Waals surface area contributed by atoms with Crippen molar-refractivity contribution in [3.63, 3.8) is 0 Å². The Morgan fingerprint density at radius 1 is 0.974 bits per heavy atom. The molecule has 1 N–H and O–H groups in total. The lowest BCUT2D eigenvalue weighted by atomic mass is 9.96. The molecule has 0 aliphatic carbocycles. The molecule has 204 valence electrons. The summed E-state index contributed by atoms with van der Waals surface area (Å²) >= 11 is 0. The summed E-state index contributed by atoms with van der Waals surface area (Å²) in [4.78, 5) is 39.7. The van der Waals surface area contributed by atoms with Crippen LogP contribution in [0.3, 0.4) is 0 Å². The number of amides is 2. The van der Waals surface area contributed by atoms with Crippen LogP contribution in [0.4, 0.5) is 18.9 Å². The molecule has 3 aromatic rings. The van der Waals surface area contributed by atoms with Gasteiger partial charge in [-0.15, -0.1) is 13.2 Å². The number of nitrogens with zero attached hydrogens (tertiary/aromatic N) is 1. The number of esters is 1. The van der Waals surface area contributed by atoms with E-state index in [1.807, 2.05) is 39.0 Å². The van der Waals surface area contributed by atoms with Gasteiger partial charge in [-0.3, -0.25) is 9.59 Å². The molecule has 0 fully saturated rings. The molecule has 0 bridgehead atoms. The van der Waals surface area contributed by atoms with Gasteiger partial charge in [-0.2, -0.15) is 0 Å². The summed E-state index contributed by atoms with van der Waals surface area (Å²) in [7, 11) is 1.31. The van der Waals surface area contributed by atoms with E-state index in [9.17, 15) is 27.6 Å². The summed E-state index contributed by atoms with van der Waals surface area (Å²) in [6.45, 7) is 5.91. The molecule has 1 unspecified atom stereocenters. The van der Waals surface area contributed by atoms with Crippen molar-refractivity contribution in [1.82, 2.24) is 4.90 Å². The second-order valence-electron chi connectivity index (χ2n) is 9.57. The zero-order valence-corrected chi connectivity index (χ0v) is 21.8. The van der Waals surface area contributed by atoms with E-state index >= 15 is 0 Å². The lowest BCUT2D eigenvalue weighted by Crippen LogP contribution is -2.45. The van der Waals surface area contributed by atoms with Crippen LogP contribution in [0.15, 0.2) is 60.7 Å². The summed E-state index contributed by atoms with van der Waals surface area (Å²) in [5.74, 6) is -1.71. The average Bonchev–Trinajstić information content (AvgIpc) is 3.18. The van der Waals surface area contributed by atoms with Crippen molar-refractivity contribution in [3.05, 3.63) is 82.9 Å². The van der Waals surface area contributed by atoms with Crippen LogP contribution in [0, 0.1) is 12.8 Å². The summed E-state index contributed by atoms with van der Waals surface area (Å²) < 4.78 is 45.8. The summed E-state index contributed by atoms with van der Waals surface area (Å²) in [5.41, 5.74) is 4.50. The normalized spacial score (nSPS) is 13.7. The monoisotopic (exact) mass is 540 g/mol. The van der Waals surface area contributed by atoms with Crippen molar-refractivity contribution >= 4 is 23.5 Å². The van der Waals surface area contributed by atoms with Crippen molar-refractivity contribution in [2.24, 2.45) is 5.92 Å². The Balaban J connectivity index is 1.50. The highest BCUT2D eigenvalue weighted by Crippen LogP contribution is 2.33. The Hall–Kier alpha value is -4.34. The van der Waals surface area contributed by atoms with Crippen LogP contribution in [0.2, 0.25) is 0 Å². The first-order chi connectivity index (χ1) is 18.4. The van der Waals surface area contributed by atoms with Gasteiger partial charge in [0, 0.05) is 23.4 Å². The Kier molecular flexibility index (Phi) is 7.67. The van der Waals surface area contributed by atoms with Crippen molar-refractivity contribution in [2.45, 2.75) is 39.7 Å². The van der Waals surface area contributed by atoms with E-state index in [1.165, 1.54) is 24.1 Å². The maximum atomic E-state index is 13.2.